The lowest BCUT2D eigenvalue weighted by Crippen LogP contribution is -2.38. The van der Waals surface area contributed by atoms with Crippen LogP contribution in [0.2, 0.25) is 0 Å². The lowest BCUT2D eigenvalue weighted by Gasteiger charge is -2.22. The Hall–Kier alpha value is -1.37. The second kappa shape index (κ2) is 5.73. The molecule has 1 amide bonds. The SMILES string of the molecule is O=C(N[C@@H]1CCCSC1)c1cc(F)c(F)c(O)c1F. The summed E-state index contributed by atoms with van der Waals surface area (Å²) in [5, 5.41) is 11.6. The molecular formula is C12H12F3NO2S. The highest BCUT2D eigenvalue weighted by Gasteiger charge is 2.24. The zero-order valence-corrected chi connectivity index (χ0v) is 10.7. The molecule has 1 saturated heterocycles. The van der Waals surface area contributed by atoms with Crippen LogP contribution in [0.4, 0.5) is 13.2 Å². The summed E-state index contributed by atoms with van der Waals surface area (Å²) in [6, 6.07) is 0.330. The van der Waals surface area contributed by atoms with Gasteiger partial charge >= 0.3 is 0 Å². The number of thioether (sulfide) groups is 1. The van der Waals surface area contributed by atoms with E-state index in [1.165, 1.54) is 0 Å². The van der Waals surface area contributed by atoms with E-state index in [-0.39, 0.29) is 6.04 Å². The number of halogens is 3. The monoisotopic (exact) mass is 291 g/mol. The summed E-state index contributed by atoms with van der Waals surface area (Å²) < 4.78 is 39.5. The third-order valence-electron chi connectivity index (χ3n) is 2.87. The highest BCUT2D eigenvalue weighted by atomic mass is 32.2. The molecule has 0 aliphatic carbocycles. The molecular weight excluding hydrogens is 279 g/mol. The van der Waals surface area contributed by atoms with Crippen LogP contribution in [0.3, 0.4) is 0 Å². The van der Waals surface area contributed by atoms with Gasteiger partial charge in [0, 0.05) is 11.8 Å². The van der Waals surface area contributed by atoms with Crippen molar-refractivity contribution in [2.75, 3.05) is 11.5 Å². The quantitative estimate of drug-likeness (QED) is 0.823. The molecule has 1 aromatic carbocycles. The van der Waals surface area contributed by atoms with Crippen LogP contribution in [0.5, 0.6) is 5.75 Å². The Morgan fingerprint density at radius 3 is 2.74 bits per heavy atom. The van der Waals surface area contributed by atoms with Gasteiger partial charge in [-0.1, -0.05) is 0 Å². The van der Waals surface area contributed by atoms with Crippen molar-refractivity contribution in [3.63, 3.8) is 0 Å². The number of carbonyl (C=O) groups is 1. The van der Waals surface area contributed by atoms with Crippen LogP contribution in [0, 0.1) is 17.5 Å². The largest absolute Gasteiger partial charge is 0.503 e. The summed E-state index contributed by atoms with van der Waals surface area (Å²) in [7, 11) is 0. The molecule has 0 unspecified atom stereocenters. The molecule has 2 rings (SSSR count). The van der Waals surface area contributed by atoms with Crippen LogP contribution < -0.4 is 5.32 Å². The summed E-state index contributed by atoms with van der Waals surface area (Å²) in [6.07, 6.45) is 1.69. The molecule has 1 fully saturated rings. The molecule has 1 heterocycles. The molecule has 7 heteroatoms. The Kier molecular flexibility index (Phi) is 4.24. The smallest absolute Gasteiger partial charge is 0.254 e. The minimum absolute atomic E-state index is 0.124. The number of aromatic hydroxyl groups is 1. The summed E-state index contributed by atoms with van der Waals surface area (Å²) in [6.45, 7) is 0. The first-order chi connectivity index (χ1) is 9.00. The highest BCUT2D eigenvalue weighted by Crippen LogP contribution is 2.26. The lowest BCUT2D eigenvalue weighted by molar-refractivity contribution is 0.0932. The topological polar surface area (TPSA) is 49.3 Å². The van der Waals surface area contributed by atoms with Crippen LogP contribution in [0.15, 0.2) is 6.07 Å². The molecule has 0 aromatic heterocycles. The predicted octanol–water partition coefficient (Wildman–Crippen LogP) is 2.43. The van der Waals surface area contributed by atoms with Gasteiger partial charge in [0.25, 0.3) is 5.91 Å². The van der Waals surface area contributed by atoms with Crippen molar-refractivity contribution in [3.05, 3.63) is 29.1 Å². The molecule has 1 aliphatic heterocycles. The molecule has 2 N–H and O–H groups in total. The molecule has 1 aromatic rings. The van der Waals surface area contributed by atoms with E-state index in [0.29, 0.717) is 11.8 Å². The number of hydrogen-bond donors (Lipinski definition) is 2. The van der Waals surface area contributed by atoms with Crippen molar-refractivity contribution in [3.8, 4) is 5.75 Å². The Labute approximate surface area is 112 Å². The second-order valence-corrected chi connectivity index (χ2v) is 5.42. The van der Waals surface area contributed by atoms with E-state index in [2.05, 4.69) is 5.32 Å². The van der Waals surface area contributed by atoms with Gasteiger partial charge in [-0.3, -0.25) is 4.79 Å². The van der Waals surface area contributed by atoms with Gasteiger partial charge in [-0.2, -0.15) is 16.2 Å². The molecule has 3 nitrogen and oxygen atoms in total. The van der Waals surface area contributed by atoms with Gasteiger partial charge in [0.05, 0.1) is 5.56 Å². The fourth-order valence-corrected chi connectivity index (χ4v) is 2.95. The zero-order chi connectivity index (χ0) is 14.0. The van der Waals surface area contributed by atoms with Crippen LogP contribution in [-0.4, -0.2) is 28.6 Å². The molecule has 104 valence electrons. The number of nitrogens with one attached hydrogen (secondary N) is 1. The summed E-state index contributed by atoms with van der Waals surface area (Å²) >= 11 is 1.66. The van der Waals surface area contributed by atoms with Crippen molar-refractivity contribution in [2.24, 2.45) is 0 Å². The molecule has 1 atom stereocenters. The first-order valence-corrected chi connectivity index (χ1v) is 6.91. The zero-order valence-electron chi connectivity index (χ0n) is 9.88. The van der Waals surface area contributed by atoms with E-state index in [0.717, 1.165) is 18.6 Å². The highest BCUT2D eigenvalue weighted by molar-refractivity contribution is 7.99. The number of phenolic OH excluding ortho intramolecular Hbond substituents is 1. The minimum Gasteiger partial charge on any atom is -0.503 e. The third-order valence-corrected chi connectivity index (χ3v) is 4.09. The number of hydrogen-bond acceptors (Lipinski definition) is 3. The van der Waals surface area contributed by atoms with Gasteiger partial charge in [0.2, 0.25) is 5.82 Å². The summed E-state index contributed by atoms with van der Waals surface area (Å²) in [5.41, 5.74) is -0.688. The van der Waals surface area contributed by atoms with E-state index < -0.39 is 34.7 Å². The molecule has 0 radical (unpaired) electrons. The molecule has 19 heavy (non-hydrogen) atoms. The maximum atomic E-state index is 13.5. The van der Waals surface area contributed by atoms with Crippen molar-refractivity contribution in [1.82, 2.24) is 5.32 Å². The third kappa shape index (κ3) is 2.97. The van der Waals surface area contributed by atoms with Crippen molar-refractivity contribution in [1.29, 1.82) is 0 Å². The number of phenols is 1. The van der Waals surface area contributed by atoms with Gasteiger partial charge in [0.15, 0.2) is 17.4 Å². The van der Waals surface area contributed by atoms with Gasteiger partial charge in [-0.05, 0) is 24.7 Å². The molecule has 0 saturated carbocycles. The average molecular weight is 291 g/mol. The van der Waals surface area contributed by atoms with E-state index in [9.17, 15) is 18.0 Å². The Balaban J connectivity index is 2.19. The van der Waals surface area contributed by atoms with E-state index >= 15 is 0 Å². The number of benzene rings is 1. The van der Waals surface area contributed by atoms with E-state index in [4.69, 9.17) is 5.11 Å². The minimum atomic E-state index is -1.69. The Bertz CT molecular complexity index is 504. The fraction of sp³-hybridized carbons (Fsp3) is 0.417. The first-order valence-electron chi connectivity index (χ1n) is 5.75. The normalized spacial score (nSPS) is 19.2. The number of amides is 1. The van der Waals surface area contributed by atoms with Gasteiger partial charge in [-0.25, -0.2) is 8.78 Å². The fourth-order valence-electron chi connectivity index (χ4n) is 1.87. The second-order valence-electron chi connectivity index (χ2n) is 4.27. The van der Waals surface area contributed by atoms with Gasteiger partial charge in [-0.15, -0.1) is 0 Å². The van der Waals surface area contributed by atoms with Gasteiger partial charge < -0.3 is 10.4 Å². The molecule has 0 spiro atoms. The predicted molar refractivity (Wildman–Crippen MR) is 65.8 cm³/mol. The van der Waals surface area contributed by atoms with Crippen LogP contribution in [-0.2, 0) is 0 Å². The van der Waals surface area contributed by atoms with Crippen LogP contribution in [0.25, 0.3) is 0 Å². The Morgan fingerprint density at radius 2 is 2.11 bits per heavy atom. The molecule has 1 aliphatic rings. The number of carbonyl (C=O) groups excluding carboxylic acids is 1. The standard InChI is InChI=1S/C12H12F3NO2S/c13-8-4-7(9(14)11(17)10(8)15)12(18)16-6-2-1-3-19-5-6/h4,6,17H,1-3,5H2,(H,16,18)/t6-/m1/s1. The molecule has 0 bridgehead atoms. The summed E-state index contributed by atoms with van der Waals surface area (Å²) in [4.78, 5) is 11.8. The number of rotatable bonds is 2. The lowest BCUT2D eigenvalue weighted by atomic mass is 10.1. The maximum absolute atomic E-state index is 13.5. The average Bonchev–Trinajstić information content (AvgIpc) is 2.41. The first kappa shape index (κ1) is 14.0. The van der Waals surface area contributed by atoms with E-state index in [1.54, 1.807) is 11.8 Å². The van der Waals surface area contributed by atoms with Crippen molar-refractivity contribution >= 4 is 17.7 Å². The van der Waals surface area contributed by atoms with Crippen LogP contribution in [0.1, 0.15) is 23.2 Å². The van der Waals surface area contributed by atoms with Gasteiger partial charge in [0.1, 0.15) is 0 Å². The maximum Gasteiger partial charge on any atom is 0.254 e. The van der Waals surface area contributed by atoms with Crippen molar-refractivity contribution in [2.45, 2.75) is 18.9 Å². The summed E-state index contributed by atoms with van der Waals surface area (Å²) in [5.74, 6) is -5.21. The van der Waals surface area contributed by atoms with E-state index in [1.807, 2.05) is 0 Å². The van der Waals surface area contributed by atoms with Crippen molar-refractivity contribution < 1.29 is 23.1 Å². The van der Waals surface area contributed by atoms with Crippen LogP contribution >= 0.6 is 11.8 Å². The Morgan fingerprint density at radius 1 is 1.37 bits per heavy atom.